The van der Waals surface area contributed by atoms with Crippen molar-refractivity contribution in [3.63, 3.8) is 0 Å². The number of pyridine rings is 1. The molecule has 6 rings (SSSR count). The van der Waals surface area contributed by atoms with Crippen LogP contribution in [-0.2, 0) is 6.54 Å². The molecule has 0 unspecified atom stereocenters. The Kier molecular flexibility index (Phi) is 7.66. The van der Waals surface area contributed by atoms with Gasteiger partial charge in [-0.25, -0.2) is 4.98 Å². The number of aromatic nitrogens is 2. The highest BCUT2D eigenvalue weighted by Gasteiger charge is 2.25. The maximum Gasteiger partial charge on any atom is 0.270 e. The number of piperazine rings is 1. The van der Waals surface area contributed by atoms with E-state index in [2.05, 4.69) is 15.5 Å². The van der Waals surface area contributed by atoms with Gasteiger partial charge in [-0.1, -0.05) is 42.5 Å². The zero-order valence-electron chi connectivity index (χ0n) is 23.3. The molecule has 42 heavy (non-hydrogen) atoms. The van der Waals surface area contributed by atoms with Crippen molar-refractivity contribution in [1.29, 1.82) is 0 Å². The van der Waals surface area contributed by atoms with Crippen molar-refractivity contribution in [2.75, 3.05) is 32.8 Å². The number of nitro benzene ring substituents is 1. The zero-order valence-corrected chi connectivity index (χ0v) is 23.3. The second kappa shape index (κ2) is 11.8. The molecule has 212 valence electrons. The highest BCUT2D eigenvalue weighted by atomic mass is 16.6. The first-order valence-corrected chi connectivity index (χ1v) is 14.1. The van der Waals surface area contributed by atoms with Crippen LogP contribution in [0.4, 0.5) is 5.69 Å². The van der Waals surface area contributed by atoms with Crippen LogP contribution in [0.25, 0.3) is 28.0 Å². The fourth-order valence-corrected chi connectivity index (χ4v) is 5.43. The Morgan fingerprint density at radius 3 is 2.40 bits per heavy atom. The standard InChI is InChI=1S/C33H31N5O4/c1-2-42-29-13-7-10-25(21-29)27-14-15-31-34-32(26-11-6-12-28(20-26)38(40)41)30(37(31)22-27)23-35-16-18-36(19-17-35)33(39)24-8-4-3-5-9-24/h3-15,20-22H,2,16-19,23H2,1H3. The number of fused-ring (bicyclic) bond motifs is 1. The second-order valence-electron chi connectivity index (χ2n) is 10.3. The number of ether oxygens (including phenoxy) is 1. The zero-order chi connectivity index (χ0) is 29.1. The van der Waals surface area contributed by atoms with Crippen molar-refractivity contribution in [2.45, 2.75) is 13.5 Å². The van der Waals surface area contributed by atoms with Crippen molar-refractivity contribution in [3.05, 3.63) is 119 Å². The van der Waals surface area contributed by atoms with Crippen molar-refractivity contribution in [2.24, 2.45) is 0 Å². The average Bonchev–Trinajstić information content (AvgIpc) is 3.39. The normalized spacial score (nSPS) is 13.8. The number of non-ortho nitro benzene ring substituents is 1. The molecule has 9 nitrogen and oxygen atoms in total. The summed E-state index contributed by atoms with van der Waals surface area (Å²) in [5.41, 5.74) is 5.85. The van der Waals surface area contributed by atoms with E-state index in [1.165, 1.54) is 6.07 Å². The molecule has 0 radical (unpaired) electrons. The molecule has 0 aliphatic carbocycles. The highest BCUT2D eigenvalue weighted by Crippen LogP contribution is 2.31. The summed E-state index contributed by atoms with van der Waals surface area (Å²) in [4.78, 5) is 33.3. The number of benzene rings is 3. The molecule has 1 fully saturated rings. The first-order chi connectivity index (χ1) is 20.5. The van der Waals surface area contributed by atoms with E-state index in [1.807, 2.05) is 84.6 Å². The number of nitrogens with zero attached hydrogens (tertiary/aromatic N) is 5. The number of imidazole rings is 1. The van der Waals surface area contributed by atoms with Crippen LogP contribution in [0, 0.1) is 10.1 Å². The lowest BCUT2D eigenvalue weighted by Crippen LogP contribution is -2.48. The maximum absolute atomic E-state index is 13.0. The third kappa shape index (κ3) is 5.59. The van der Waals surface area contributed by atoms with Crippen LogP contribution in [0.15, 0.2) is 97.2 Å². The molecule has 1 aliphatic heterocycles. The van der Waals surface area contributed by atoms with Gasteiger partial charge in [0.2, 0.25) is 0 Å². The van der Waals surface area contributed by atoms with Gasteiger partial charge in [-0.3, -0.25) is 19.8 Å². The second-order valence-corrected chi connectivity index (χ2v) is 10.3. The monoisotopic (exact) mass is 561 g/mol. The minimum Gasteiger partial charge on any atom is -0.494 e. The van der Waals surface area contributed by atoms with E-state index in [1.54, 1.807) is 12.1 Å². The molecule has 0 atom stereocenters. The van der Waals surface area contributed by atoms with E-state index >= 15 is 0 Å². The number of hydrogen-bond donors (Lipinski definition) is 0. The maximum atomic E-state index is 13.0. The van der Waals surface area contributed by atoms with Gasteiger partial charge >= 0.3 is 0 Å². The minimum absolute atomic E-state index is 0.0250. The SMILES string of the molecule is CCOc1cccc(-c2ccc3nc(-c4cccc([N+](=O)[O-])c4)c(CN4CCN(C(=O)c5ccccc5)CC4)n3c2)c1. The highest BCUT2D eigenvalue weighted by molar-refractivity contribution is 5.94. The van der Waals surface area contributed by atoms with Gasteiger partial charge < -0.3 is 14.0 Å². The quantitative estimate of drug-likeness (QED) is 0.172. The molecule has 0 saturated carbocycles. The van der Waals surface area contributed by atoms with E-state index in [-0.39, 0.29) is 16.5 Å². The predicted molar refractivity (Wildman–Crippen MR) is 162 cm³/mol. The summed E-state index contributed by atoms with van der Waals surface area (Å²) in [7, 11) is 0. The molecule has 9 heteroatoms. The first kappa shape index (κ1) is 27.2. The van der Waals surface area contributed by atoms with Gasteiger partial charge in [0.25, 0.3) is 11.6 Å². The summed E-state index contributed by atoms with van der Waals surface area (Å²) < 4.78 is 7.80. The number of nitro groups is 1. The van der Waals surface area contributed by atoms with Crippen molar-refractivity contribution in [1.82, 2.24) is 19.2 Å². The fourth-order valence-electron chi connectivity index (χ4n) is 5.43. The first-order valence-electron chi connectivity index (χ1n) is 14.1. The Morgan fingerprint density at radius 2 is 1.64 bits per heavy atom. The van der Waals surface area contributed by atoms with E-state index < -0.39 is 0 Å². The molecule has 3 heterocycles. The van der Waals surface area contributed by atoms with Crippen LogP contribution >= 0.6 is 0 Å². The molecular weight excluding hydrogens is 530 g/mol. The molecule has 1 saturated heterocycles. The molecule has 1 amide bonds. The Morgan fingerprint density at radius 1 is 0.881 bits per heavy atom. The Balaban J connectivity index is 1.34. The van der Waals surface area contributed by atoms with Crippen molar-refractivity contribution >= 4 is 17.2 Å². The summed E-state index contributed by atoms with van der Waals surface area (Å²) in [5, 5.41) is 11.6. The topological polar surface area (TPSA) is 93.2 Å². The van der Waals surface area contributed by atoms with Gasteiger partial charge in [0.05, 0.1) is 22.9 Å². The number of hydrogen-bond acceptors (Lipinski definition) is 6. The summed E-state index contributed by atoms with van der Waals surface area (Å²) >= 11 is 0. The number of carbonyl (C=O) groups excluding carboxylic acids is 1. The van der Waals surface area contributed by atoms with Crippen LogP contribution in [0.3, 0.4) is 0 Å². The van der Waals surface area contributed by atoms with E-state index in [0.29, 0.717) is 56.2 Å². The van der Waals surface area contributed by atoms with E-state index in [9.17, 15) is 14.9 Å². The Bertz CT molecular complexity index is 1740. The van der Waals surface area contributed by atoms with Gasteiger partial charge in [-0.15, -0.1) is 0 Å². The smallest absolute Gasteiger partial charge is 0.270 e. The van der Waals surface area contributed by atoms with E-state index in [0.717, 1.165) is 28.2 Å². The molecular formula is C33H31N5O4. The lowest BCUT2D eigenvalue weighted by molar-refractivity contribution is -0.384. The number of amides is 1. The van der Waals surface area contributed by atoms with Crippen molar-refractivity contribution < 1.29 is 14.5 Å². The summed E-state index contributed by atoms with van der Waals surface area (Å²) in [6.45, 7) is 5.77. The molecule has 0 spiro atoms. The Labute approximate surface area is 243 Å². The third-order valence-electron chi connectivity index (χ3n) is 7.58. The van der Waals surface area contributed by atoms with Gasteiger partial charge in [0, 0.05) is 62.2 Å². The number of rotatable bonds is 8. The molecule has 3 aromatic carbocycles. The summed E-state index contributed by atoms with van der Waals surface area (Å²) in [6.07, 6.45) is 2.07. The fraction of sp³-hybridized carbons (Fsp3) is 0.212. The van der Waals surface area contributed by atoms with E-state index in [4.69, 9.17) is 9.72 Å². The minimum atomic E-state index is -0.384. The van der Waals surface area contributed by atoms with Gasteiger partial charge in [-0.2, -0.15) is 0 Å². The summed E-state index contributed by atoms with van der Waals surface area (Å²) in [6, 6.07) is 28.0. The molecule has 5 aromatic rings. The lowest BCUT2D eigenvalue weighted by Gasteiger charge is -2.34. The van der Waals surface area contributed by atoms with Gasteiger partial charge in [0.15, 0.2) is 0 Å². The van der Waals surface area contributed by atoms with Crippen LogP contribution < -0.4 is 4.74 Å². The molecule has 2 aromatic heterocycles. The predicted octanol–water partition coefficient (Wildman–Crippen LogP) is 5.93. The molecule has 0 N–H and O–H groups in total. The average molecular weight is 562 g/mol. The van der Waals surface area contributed by atoms with Crippen LogP contribution in [-0.4, -0.2) is 62.8 Å². The summed E-state index contributed by atoms with van der Waals surface area (Å²) in [5.74, 6) is 0.849. The third-order valence-corrected chi connectivity index (χ3v) is 7.58. The van der Waals surface area contributed by atoms with Gasteiger partial charge in [0.1, 0.15) is 11.4 Å². The Hall–Kier alpha value is -5.02. The largest absolute Gasteiger partial charge is 0.494 e. The lowest BCUT2D eigenvalue weighted by atomic mass is 10.1. The van der Waals surface area contributed by atoms with Crippen molar-refractivity contribution in [3.8, 4) is 28.1 Å². The molecule has 1 aliphatic rings. The van der Waals surface area contributed by atoms with Crippen LogP contribution in [0.1, 0.15) is 23.0 Å². The molecule has 0 bridgehead atoms. The van der Waals surface area contributed by atoms with Crippen LogP contribution in [0.2, 0.25) is 0 Å². The van der Waals surface area contributed by atoms with Gasteiger partial charge in [-0.05, 0) is 54.4 Å². The van der Waals surface area contributed by atoms with Crippen LogP contribution in [0.5, 0.6) is 5.75 Å². The number of carbonyl (C=O) groups is 1.